The number of unbranched alkanes of at least 4 members (excludes halogenated alkanes) is 4. The summed E-state index contributed by atoms with van der Waals surface area (Å²) >= 11 is 1.67. The molecule has 1 heterocycles. The first kappa shape index (κ1) is 26.2. The standard InChI is InChI=1S/C30H32O4S/c1-3-5-7-9-11-29(31)33-25-17-13-23(14-18-25)27-21-22-28(35-27)24-15-19-26(20-16-24)34-30(32)12-10-8-6-4-2/h9-22H,3-8H2,1-2H3. The summed E-state index contributed by atoms with van der Waals surface area (Å²) in [6.45, 7) is 4.24. The summed E-state index contributed by atoms with van der Waals surface area (Å²) in [6.07, 6.45) is 12.8. The monoisotopic (exact) mass is 488 g/mol. The molecule has 0 bridgehead atoms. The number of thiophene rings is 1. The van der Waals surface area contributed by atoms with Gasteiger partial charge >= 0.3 is 11.9 Å². The van der Waals surface area contributed by atoms with Gasteiger partial charge in [0.1, 0.15) is 11.5 Å². The van der Waals surface area contributed by atoms with Gasteiger partial charge in [-0.3, -0.25) is 0 Å². The summed E-state index contributed by atoms with van der Waals surface area (Å²) in [6, 6.07) is 19.2. The van der Waals surface area contributed by atoms with E-state index in [9.17, 15) is 9.59 Å². The van der Waals surface area contributed by atoms with Crippen LogP contribution in [0.4, 0.5) is 0 Å². The van der Waals surface area contributed by atoms with Crippen LogP contribution in [0.3, 0.4) is 0 Å². The van der Waals surface area contributed by atoms with Crippen molar-refractivity contribution in [2.75, 3.05) is 0 Å². The molecule has 1 aromatic heterocycles. The Morgan fingerprint density at radius 1 is 0.657 bits per heavy atom. The maximum Gasteiger partial charge on any atom is 0.335 e. The zero-order valence-electron chi connectivity index (χ0n) is 20.4. The van der Waals surface area contributed by atoms with Crippen molar-refractivity contribution >= 4 is 23.3 Å². The fraction of sp³-hybridized carbons (Fsp3) is 0.267. The van der Waals surface area contributed by atoms with Crippen molar-refractivity contribution < 1.29 is 19.1 Å². The van der Waals surface area contributed by atoms with Gasteiger partial charge in [-0.05, 0) is 84.6 Å². The average molecular weight is 489 g/mol. The lowest BCUT2D eigenvalue weighted by Gasteiger charge is -2.04. The van der Waals surface area contributed by atoms with E-state index in [4.69, 9.17) is 9.47 Å². The summed E-state index contributed by atoms with van der Waals surface area (Å²) in [5, 5.41) is 0. The van der Waals surface area contributed by atoms with Gasteiger partial charge in [0.25, 0.3) is 0 Å². The molecule has 2 aromatic carbocycles. The molecule has 0 radical (unpaired) electrons. The number of ether oxygens (including phenoxy) is 2. The van der Waals surface area contributed by atoms with Gasteiger partial charge in [0.15, 0.2) is 0 Å². The predicted molar refractivity (Wildman–Crippen MR) is 144 cm³/mol. The van der Waals surface area contributed by atoms with Gasteiger partial charge in [0, 0.05) is 21.9 Å². The van der Waals surface area contributed by atoms with Crippen LogP contribution in [-0.4, -0.2) is 11.9 Å². The highest BCUT2D eigenvalue weighted by molar-refractivity contribution is 7.18. The van der Waals surface area contributed by atoms with Crippen LogP contribution in [0.15, 0.2) is 85.0 Å². The second-order valence-electron chi connectivity index (χ2n) is 8.14. The topological polar surface area (TPSA) is 52.6 Å². The number of esters is 2. The van der Waals surface area contributed by atoms with Crippen LogP contribution in [0.2, 0.25) is 0 Å². The molecule has 35 heavy (non-hydrogen) atoms. The first-order valence-electron chi connectivity index (χ1n) is 12.2. The van der Waals surface area contributed by atoms with E-state index in [1.54, 1.807) is 11.3 Å². The Labute approximate surface area is 211 Å². The molecule has 0 spiro atoms. The van der Waals surface area contributed by atoms with Crippen molar-refractivity contribution in [2.45, 2.75) is 52.4 Å². The fourth-order valence-corrected chi connectivity index (χ4v) is 4.34. The predicted octanol–water partition coefficient (Wildman–Crippen LogP) is 8.39. The number of benzene rings is 2. The van der Waals surface area contributed by atoms with Gasteiger partial charge in [-0.25, -0.2) is 9.59 Å². The quantitative estimate of drug-likeness (QED) is 0.111. The Bertz CT molecular complexity index is 1050. The number of carbonyl (C=O) groups is 2. The molecule has 3 rings (SSSR count). The van der Waals surface area contributed by atoms with Gasteiger partial charge in [-0.1, -0.05) is 51.7 Å². The molecule has 0 saturated heterocycles. The van der Waals surface area contributed by atoms with Crippen LogP contribution in [0.1, 0.15) is 52.4 Å². The molecule has 0 saturated carbocycles. The number of hydrogen-bond donors (Lipinski definition) is 0. The lowest BCUT2D eigenvalue weighted by Crippen LogP contribution is -2.03. The van der Waals surface area contributed by atoms with E-state index in [0.29, 0.717) is 11.5 Å². The first-order valence-corrected chi connectivity index (χ1v) is 13.0. The van der Waals surface area contributed by atoms with E-state index >= 15 is 0 Å². The molecule has 0 atom stereocenters. The summed E-state index contributed by atoms with van der Waals surface area (Å²) < 4.78 is 10.7. The zero-order chi connectivity index (χ0) is 24.9. The minimum absolute atomic E-state index is 0.353. The molecule has 182 valence electrons. The minimum atomic E-state index is -0.353. The molecule has 0 unspecified atom stereocenters. The SMILES string of the molecule is CCCCC=CC(=O)Oc1ccc(-c2ccc(-c3ccc(OC(=O)C=CCCCC)cc3)s2)cc1. The minimum Gasteiger partial charge on any atom is -0.423 e. The molecule has 0 aliphatic carbocycles. The molecule has 3 aromatic rings. The molecule has 4 nitrogen and oxygen atoms in total. The third kappa shape index (κ3) is 8.69. The molecule has 0 fully saturated rings. The van der Waals surface area contributed by atoms with E-state index in [2.05, 4.69) is 26.0 Å². The van der Waals surface area contributed by atoms with Crippen molar-refractivity contribution in [1.29, 1.82) is 0 Å². The van der Waals surface area contributed by atoms with Crippen LogP contribution in [0.5, 0.6) is 11.5 Å². The summed E-state index contributed by atoms with van der Waals surface area (Å²) in [4.78, 5) is 26.0. The average Bonchev–Trinajstić information content (AvgIpc) is 3.36. The van der Waals surface area contributed by atoms with E-state index < -0.39 is 0 Å². The van der Waals surface area contributed by atoms with Crippen molar-refractivity contribution in [3.63, 3.8) is 0 Å². The lowest BCUT2D eigenvalue weighted by atomic mass is 10.1. The molecule has 0 N–H and O–H groups in total. The van der Waals surface area contributed by atoms with Gasteiger partial charge in [0.2, 0.25) is 0 Å². The number of allylic oxidation sites excluding steroid dienone is 2. The zero-order valence-corrected chi connectivity index (χ0v) is 21.2. The first-order chi connectivity index (χ1) is 17.1. The third-order valence-corrected chi connectivity index (χ3v) is 6.46. The van der Waals surface area contributed by atoms with E-state index in [1.165, 1.54) is 12.2 Å². The number of carbonyl (C=O) groups excluding carboxylic acids is 2. The van der Waals surface area contributed by atoms with Gasteiger partial charge < -0.3 is 9.47 Å². The molecule has 0 aliphatic heterocycles. The molecule has 0 amide bonds. The van der Waals surface area contributed by atoms with Crippen LogP contribution < -0.4 is 9.47 Å². The van der Waals surface area contributed by atoms with Gasteiger partial charge in [-0.2, -0.15) is 0 Å². The summed E-state index contributed by atoms with van der Waals surface area (Å²) in [5.41, 5.74) is 2.11. The molecule has 5 heteroatoms. The van der Waals surface area contributed by atoms with E-state index in [-0.39, 0.29) is 11.9 Å². The van der Waals surface area contributed by atoms with Crippen molar-refractivity contribution in [3.8, 4) is 32.4 Å². The summed E-state index contributed by atoms with van der Waals surface area (Å²) in [5.74, 6) is 0.352. The highest BCUT2D eigenvalue weighted by Gasteiger charge is 2.08. The second kappa shape index (κ2) is 14.1. The largest absolute Gasteiger partial charge is 0.423 e. The second-order valence-corrected chi connectivity index (χ2v) is 9.23. The normalized spacial score (nSPS) is 11.3. The van der Waals surface area contributed by atoms with Crippen molar-refractivity contribution in [3.05, 3.63) is 85.0 Å². The van der Waals surface area contributed by atoms with Crippen LogP contribution in [-0.2, 0) is 9.59 Å². The number of rotatable bonds is 12. The Morgan fingerprint density at radius 3 is 1.43 bits per heavy atom. The maximum absolute atomic E-state index is 11.9. The molecular formula is C30H32O4S. The Kier molecular flexibility index (Phi) is 10.5. The van der Waals surface area contributed by atoms with Crippen LogP contribution in [0.25, 0.3) is 20.9 Å². The number of hydrogen-bond acceptors (Lipinski definition) is 5. The van der Waals surface area contributed by atoms with Crippen molar-refractivity contribution in [2.24, 2.45) is 0 Å². The van der Waals surface area contributed by atoms with Crippen LogP contribution in [0, 0.1) is 0 Å². The summed E-state index contributed by atoms with van der Waals surface area (Å²) in [7, 11) is 0. The van der Waals surface area contributed by atoms with Crippen molar-refractivity contribution in [1.82, 2.24) is 0 Å². The smallest absolute Gasteiger partial charge is 0.335 e. The Morgan fingerprint density at radius 2 is 1.06 bits per heavy atom. The lowest BCUT2D eigenvalue weighted by molar-refractivity contribution is -0.129. The van der Waals surface area contributed by atoms with Gasteiger partial charge in [0.05, 0.1) is 0 Å². The van der Waals surface area contributed by atoms with E-state index in [1.807, 2.05) is 60.7 Å². The maximum atomic E-state index is 11.9. The van der Waals surface area contributed by atoms with Gasteiger partial charge in [-0.15, -0.1) is 11.3 Å². The Hall–Kier alpha value is -3.44. The molecule has 0 aliphatic rings. The highest BCUT2D eigenvalue weighted by atomic mass is 32.1. The van der Waals surface area contributed by atoms with E-state index in [0.717, 1.165) is 59.4 Å². The third-order valence-electron chi connectivity index (χ3n) is 5.28. The molecular weight excluding hydrogens is 456 g/mol. The highest BCUT2D eigenvalue weighted by Crippen LogP contribution is 2.35. The van der Waals surface area contributed by atoms with Crippen LogP contribution >= 0.6 is 11.3 Å². The fourth-order valence-electron chi connectivity index (χ4n) is 3.33. The Balaban J connectivity index is 1.57.